The Bertz CT molecular complexity index is 324. The fraction of sp³-hybridized carbons (Fsp3) is 0.647. The lowest BCUT2D eigenvalue weighted by atomic mass is 9.95. The van der Waals surface area contributed by atoms with E-state index >= 15 is 0 Å². The van der Waals surface area contributed by atoms with E-state index < -0.39 is 0 Å². The van der Waals surface area contributed by atoms with Crippen molar-refractivity contribution in [1.82, 2.24) is 5.32 Å². The molecule has 0 aliphatic heterocycles. The average Bonchev–Trinajstić information content (AvgIpc) is 2.34. The molecular formula is C17H29N. The molecule has 1 N–H and O–H groups in total. The molecule has 1 rings (SSSR count). The lowest BCUT2D eigenvalue weighted by Crippen LogP contribution is -2.21. The first-order valence-electron chi connectivity index (χ1n) is 7.37. The molecular weight excluding hydrogens is 218 g/mol. The van der Waals surface area contributed by atoms with Gasteiger partial charge in [-0.3, -0.25) is 0 Å². The molecule has 0 aliphatic carbocycles. The lowest BCUT2D eigenvalue weighted by molar-refractivity contribution is 0.448. The van der Waals surface area contributed by atoms with Crippen LogP contribution in [0.1, 0.15) is 70.5 Å². The van der Waals surface area contributed by atoms with E-state index in [1.54, 1.807) is 0 Å². The molecule has 0 amide bonds. The molecule has 0 heterocycles. The predicted molar refractivity (Wildman–Crippen MR) is 81.0 cm³/mol. The standard InChI is InChI=1S/C17H29N/c1-6-18-17(12-7-13(2)3)16-10-8-15(9-11-16)14(4)5/h8-11,13-14,17-18H,6-7,12H2,1-5H3. The molecule has 0 saturated carbocycles. The Hall–Kier alpha value is -0.820. The van der Waals surface area contributed by atoms with E-state index in [1.165, 1.54) is 24.0 Å². The first-order chi connectivity index (χ1) is 8.54. The van der Waals surface area contributed by atoms with Gasteiger partial charge in [-0.25, -0.2) is 0 Å². The van der Waals surface area contributed by atoms with E-state index in [9.17, 15) is 0 Å². The van der Waals surface area contributed by atoms with Gasteiger partial charge in [-0.2, -0.15) is 0 Å². The third-order valence-electron chi connectivity index (χ3n) is 3.49. The number of benzene rings is 1. The van der Waals surface area contributed by atoms with Gasteiger partial charge in [0.25, 0.3) is 0 Å². The Balaban J connectivity index is 2.72. The maximum absolute atomic E-state index is 3.60. The van der Waals surface area contributed by atoms with E-state index in [-0.39, 0.29) is 0 Å². The molecule has 1 atom stereocenters. The summed E-state index contributed by atoms with van der Waals surface area (Å²) in [7, 11) is 0. The van der Waals surface area contributed by atoms with Crippen LogP contribution in [0.25, 0.3) is 0 Å². The zero-order chi connectivity index (χ0) is 13.5. The minimum Gasteiger partial charge on any atom is -0.310 e. The maximum atomic E-state index is 3.60. The van der Waals surface area contributed by atoms with E-state index in [2.05, 4.69) is 64.2 Å². The first kappa shape index (κ1) is 15.2. The van der Waals surface area contributed by atoms with Crippen LogP contribution in [0, 0.1) is 5.92 Å². The monoisotopic (exact) mass is 247 g/mol. The van der Waals surface area contributed by atoms with Gasteiger partial charge in [-0.05, 0) is 42.3 Å². The highest BCUT2D eigenvalue weighted by Crippen LogP contribution is 2.23. The molecule has 0 saturated heterocycles. The van der Waals surface area contributed by atoms with Crippen LogP contribution in [0.3, 0.4) is 0 Å². The Morgan fingerprint density at radius 2 is 1.44 bits per heavy atom. The molecule has 1 aromatic rings. The van der Waals surface area contributed by atoms with Gasteiger partial charge in [0.2, 0.25) is 0 Å². The highest BCUT2D eigenvalue weighted by molar-refractivity contribution is 5.26. The number of hydrogen-bond donors (Lipinski definition) is 1. The molecule has 0 fully saturated rings. The summed E-state index contributed by atoms with van der Waals surface area (Å²) < 4.78 is 0. The molecule has 1 aromatic carbocycles. The summed E-state index contributed by atoms with van der Waals surface area (Å²) in [6.07, 6.45) is 2.51. The quantitative estimate of drug-likeness (QED) is 0.723. The minimum absolute atomic E-state index is 0.513. The van der Waals surface area contributed by atoms with Gasteiger partial charge in [-0.1, -0.05) is 58.9 Å². The molecule has 0 spiro atoms. The Labute approximate surface area is 113 Å². The number of rotatable bonds is 7. The van der Waals surface area contributed by atoms with Crippen molar-refractivity contribution < 1.29 is 0 Å². The third-order valence-corrected chi connectivity index (χ3v) is 3.49. The van der Waals surface area contributed by atoms with Crippen molar-refractivity contribution in [3.05, 3.63) is 35.4 Å². The molecule has 102 valence electrons. The molecule has 1 nitrogen and oxygen atoms in total. The van der Waals surface area contributed by atoms with E-state index in [0.29, 0.717) is 12.0 Å². The van der Waals surface area contributed by atoms with Crippen LogP contribution in [0.5, 0.6) is 0 Å². The van der Waals surface area contributed by atoms with Crippen molar-refractivity contribution in [2.45, 2.75) is 59.4 Å². The normalized spacial score (nSPS) is 13.3. The van der Waals surface area contributed by atoms with Gasteiger partial charge < -0.3 is 5.32 Å². The van der Waals surface area contributed by atoms with Crippen LogP contribution in [0.15, 0.2) is 24.3 Å². The van der Waals surface area contributed by atoms with Gasteiger partial charge in [0, 0.05) is 6.04 Å². The summed E-state index contributed by atoms with van der Waals surface area (Å²) in [6.45, 7) is 12.3. The highest BCUT2D eigenvalue weighted by Gasteiger charge is 2.11. The molecule has 0 aliphatic rings. The van der Waals surface area contributed by atoms with Crippen molar-refractivity contribution in [1.29, 1.82) is 0 Å². The van der Waals surface area contributed by atoms with Crippen LogP contribution >= 0.6 is 0 Å². The third kappa shape index (κ3) is 4.81. The molecule has 0 bridgehead atoms. The zero-order valence-corrected chi connectivity index (χ0v) is 12.7. The van der Waals surface area contributed by atoms with Gasteiger partial charge in [0.1, 0.15) is 0 Å². The molecule has 1 heteroatoms. The average molecular weight is 247 g/mol. The topological polar surface area (TPSA) is 12.0 Å². The SMILES string of the molecule is CCNC(CCC(C)C)c1ccc(C(C)C)cc1. The van der Waals surface area contributed by atoms with Gasteiger partial charge >= 0.3 is 0 Å². The summed E-state index contributed by atoms with van der Waals surface area (Å²) in [5, 5.41) is 3.60. The summed E-state index contributed by atoms with van der Waals surface area (Å²) in [4.78, 5) is 0. The summed E-state index contributed by atoms with van der Waals surface area (Å²) >= 11 is 0. The second-order valence-electron chi connectivity index (χ2n) is 5.90. The summed E-state index contributed by atoms with van der Waals surface area (Å²) in [5.74, 6) is 1.40. The second kappa shape index (κ2) is 7.58. The molecule has 0 aromatic heterocycles. The van der Waals surface area contributed by atoms with Crippen LogP contribution in [0.4, 0.5) is 0 Å². The van der Waals surface area contributed by atoms with Crippen molar-refractivity contribution in [3.8, 4) is 0 Å². The van der Waals surface area contributed by atoms with E-state index in [1.807, 2.05) is 0 Å². The van der Waals surface area contributed by atoms with Crippen molar-refractivity contribution in [3.63, 3.8) is 0 Å². The van der Waals surface area contributed by atoms with Gasteiger partial charge in [-0.15, -0.1) is 0 Å². The van der Waals surface area contributed by atoms with Gasteiger partial charge in [0.05, 0.1) is 0 Å². The van der Waals surface area contributed by atoms with Crippen LogP contribution < -0.4 is 5.32 Å². The molecule has 0 radical (unpaired) electrons. The highest BCUT2D eigenvalue weighted by atomic mass is 14.9. The van der Waals surface area contributed by atoms with E-state index in [4.69, 9.17) is 0 Å². The van der Waals surface area contributed by atoms with Crippen molar-refractivity contribution in [2.24, 2.45) is 5.92 Å². The first-order valence-corrected chi connectivity index (χ1v) is 7.37. The van der Waals surface area contributed by atoms with E-state index in [0.717, 1.165) is 12.5 Å². The lowest BCUT2D eigenvalue weighted by Gasteiger charge is -2.20. The minimum atomic E-state index is 0.513. The largest absolute Gasteiger partial charge is 0.310 e. The van der Waals surface area contributed by atoms with Crippen LogP contribution in [0.2, 0.25) is 0 Å². The number of hydrogen-bond acceptors (Lipinski definition) is 1. The van der Waals surface area contributed by atoms with Gasteiger partial charge in [0.15, 0.2) is 0 Å². The predicted octanol–water partition coefficient (Wildman–Crippen LogP) is 4.90. The molecule has 1 unspecified atom stereocenters. The zero-order valence-electron chi connectivity index (χ0n) is 12.7. The number of nitrogens with one attached hydrogen (secondary N) is 1. The molecule has 18 heavy (non-hydrogen) atoms. The second-order valence-corrected chi connectivity index (χ2v) is 5.90. The fourth-order valence-corrected chi connectivity index (χ4v) is 2.25. The van der Waals surface area contributed by atoms with Crippen LogP contribution in [-0.4, -0.2) is 6.54 Å². The summed E-state index contributed by atoms with van der Waals surface area (Å²) in [5.41, 5.74) is 2.86. The smallest absolute Gasteiger partial charge is 0.0320 e. The van der Waals surface area contributed by atoms with Crippen molar-refractivity contribution >= 4 is 0 Å². The Morgan fingerprint density at radius 3 is 1.89 bits per heavy atom. The Kier molecular flexibility index (Phi) is 6.42. The summed E-state index contributed by atoms with van der Waals surface area (Å²) in [6, 6.07) is 9.66. The van der Waals surface area contributed by atoms with Crippen LogP contribution in [-0.2, 0) is 0 Å². The maximum Gasteiger partial charge on any atom is 0.0320 e. The van der Waals surface area contributed by atoms with Crippen molar-refractivity contribution in [2.75, 3.05) is 6.54 Å². The fourth-order valence-electron chi connectivity index (χ4n) is 2.25. The Morgan fingerprint density at radius 1 is 0.889 bits per heavy atom.